The number of benzene rings is 1. The fourth-order valence-corrected chi connectivity index (χ4v) is 3.72. The van der Waals surface area contributed by atoms with E-state index in [2.05, 4.69) is 5.32 Å². The Morgan fingerprint density at radius 1 is 1.09 bits per heavy atom. The smallest absolute Gasteiger partial charge is 0.224 e. The number of nitrogens with two attached hydrogens (primary N) is 1. The van der Waals surface area contributed by atoms with E-state index >= 15 is 0 Å². The Hall–Kier alpha value is -1.39. The fourth-order valence-electron chi connectivity index (χ4n) is 3.72. The van der Waals surface area contributed by atoms with Gasteiger partial charge in [-0.3, -0.25) is 4.79 Å². The SMILES string of the molecule is N[C@@H]1CCC[C@H]1CC(=O)Nc1ccc(COC2CCCC2)cc1. The third-order valence-corrected chi connectivity index (χ3v) is 5.19. The van der Waals surface area contributed by atoms with E-state index in [-0.39, 0.29) is 11.9 Å². The monoisotopic (exact) mass is 316 g/mol. The Kier molecular flexibility index (Phi) is 5.68. The summed E-state index contributed by atoms with van der Waals surface area (Å²) in [5, 5.41) is 2.98. The fraction of sp³-hybridized carbons (Fsp3) is 0.632. The second kappa shape index (κ2) is 7.93. The van der Waals surface area contributed by atoms with Gasteiger partial charge in [0.15, 0.2) is 0 Å². The highest BCUT2D eigenvalue weighted by Gasteiger charge is 2.26. The molecule has 1 aromatic rings. The van der Waals surface area contributed by atoms with Crippen LogP contribution in [0.3, 0.4) is 0 Å². The standard InChI is InChI=1S/C19H28N2O2/c20-18-7-3-4-15(18)12-19(22)21-16-10-8-14(9-11-16)13-23-17-5-1-2-6-17/h8-11,15,17-18H,1-7,12-13,20H2,(H,21,22)/t15-,18+/m0/s1. The summed E-state index contributed by atoms with van der Waals surface area (Å²) >= 11 is 0. The van der Waals surface area contributed by atoms with E-state index < -0.39 is 0 Å². The molecule has 3 N–H and O–H groups in total. The van der Waals surface area contributed by atoms with Crippen LogP contribution in [0.15, 0.2) is 24.3 Å². The Morgan fingerprint density at radius 2 is 1.83 bits per heavy atom. The lowest BCUT2D eigenvalue weighted by atomic mass is 10.00. The number of ether oxygens (including phenoxy) is 1. The van der Waals surface area contributed by atoms with Crippen LogP contribution in [0.25, 0.3) is 0 Å². The van der Waals surface area contributed by atoms with Crippen molar-refractivity contribution in [1.29, 1.82) is 0 Å². The third kappa shape index (κ3) is 4.79. The molecule has 2 saturated carbocycles. The van der Waals surface area contributed by atoms with E-state index in [1.54, 1.807) is 0 Å². The molecule has 0 spiro atoms. The minimum absolute atomic E-state index is 0.0716. The molecule has 0 unspecified atom stereocenters. The van der Waals surface area contributed by atoms with E-state index in [1.165, 1.54) is 25.7 Å². The van der Waals surface area contributed by atoms with Gasteiger partial charge in [0.05, 0.1) is 12.7 Å². The average molecular weight is 316 g/mol. The van der Waals surface area contributed by atoms with E-state index in [0.29, 0.717) is 25.0 Å². The average Bonchev–Trinajstić information content (AvgIpc) is 3.19. The molecule has 2 atom stereocenters. The number of nitrogens with one attached hydrogen (secondary N) is 1. The van der Waals surface area contributed by atoms with E-state index in [0.717, 1.165) is 30.5 Å². The summed E-state index contributed by atoms with van der Waals surface area (Å²) in [6.07, 6.45) is 9.21. The van der Waals surface area contributed by atoms with Crippen LogP contribution < -0.4 is 11.1 Å². The van der Waals surface area contributed by atoms with Crippen molar-refractivity contribution in [3.8, 4) is 0 Å². The molecule has 0 aliphatic heterocycles. The molecule has 0 aromatic heterocycles. The van der Waals surface area contributed by atoms with Gasteiger partial charge < -0.3 is 15.8 Å². The van der Waals surface area contributed by atoms with Crippen LogP contribution in [0.4, 0.5) is 5.69 Å². The molecule has 3 rings (SSSR count). The van der Waals surface area contributed by atoms with Gasteiger partial charge >= 0.3 is 0 Å². The highest BCUT2D eigenvalue weighted by atomic mass is 16.5. The van der Waals surface area contributed by atoms with Gasteiger partial charge in [-0.05, 0) is 49.3 Å². The first-order valence-corrected chi connectivity index (χ1v) is 8.96. The van der Waals surface area contributed by atoms with Gasteiger partial charge in [-0.25, -0.2) is 0 Å². The largest absolute Gasteiger partial charge is 0.374 e. The summed E-state index contributed by atoms with van der Waals surface area (Å²) in [5.41, 5.74) is 8.04. The second-order valence-corrected chi connectivity index (χ2v) is 7.02. The number of amides is 1. The van der Waals surface area contributed by atoms with Crippen molar-refractivity contribution < 1.29 is 9.53 Å². The Bertz CT molecular complexity index is 509. The molecule has 0 saturated heterocycles. The highest BCUT2D eigenvalue weighted by Crippen LogP contribution is 2.27. The van der Waals surface area contributed by atoms with Crippen LogP contribution in [0.1, 0.15) is 56.9 Å². The minimum atomic E-state index is 0.0716. The minimum Gasteiger partial charge on any atom is -0.374 e. The molecule has 1 amide bonds. The number of carbonyl (C=O) groups is 1. The molecule has 23 heavy (non-hydrogen) atoms. The van der Waals surface area contributed by atoms with E-state index in [1.807, 2.05) is 24.3 Å². The van der Waals surface area contributed by atoms with Crippen molar-refractivity contribution in [3.63, 3.8) is 0 Å². The van der Waals surface area contributed by atoms with Crippen LogP contribution in [-0.2, 0) is 16.1 Å². The van der Waals surface area contributed by atoms with Gasteiger partial charge in [0, 0.05) is 18.2 Å². The zero-order valence-corrected chi connectivity index (χ0v) is 13.8. The summed E-state index contributed by atoms with van der Waals surface area (Å²) in [7, 11) is 0. The maximum absolute atomic E-state index is 12.1. The Balaban J connectivity index is 1.44. The molecule has 2 aliphatic rings. The molecule has 4 heteroatoms. The van der Waals surface area contributed by atoms with Crippen LogP contribution in [0.2, 0.25) is 0 Å². The number of carbonyl (C=O) groups excluding carboxylic acids is 1. The van der Waals surface area contributed by atoms with Crippen LogP contribution in [0.5, 0.6) is 0 Å². The third-order valence-electron chi connectivity index (χ3n) is 5.19. The first-order chi connectivity index (χ1) is 11.2. The zero-order valence-electron chi connectivity index (χ0n) is 13.8. The molecule has 4 nitrogen and oxygen atoms in total. The van der Waals surface area contributed by atoms with Gasteiger partial charge in [0.25, 0.3) is 0 Å². The van der Waals surface area contributed by atoms with Gasteiger partial charge in [-0.15, -0.1) is 0 Å². The summed E-state index contributed by atoms with van der Waals surface area (Å²) in [4.78, 5) is 12.1. The lowest BCUT2D eigenvalue weighted by Gasteiger charge is -2.15. The van der Waals surface area contributed by atoms with Gasteiger partial charge in [0.1, 0.15) is 0 Å². The molecule has 126 valence electrons. The molecular weight excluding hydrogens is 288 g/mol. The first-order valence-electron chi connectivity index (χ1n) is 8.96. The molecule has 2 fully saturated rings. The summed E-state index contributed by atoms with van der Waals surface area (Å²) in [5.74, 6) is 0.413. The number of rotatable bonds is 6. The predicted molar refractivity (Wildman–Crippen MR) is 92.1 cm³/mol. The topological polar surface area (TPSA) is 64.4 Å². The van der Waals surface area contributed by atoms with E-state index in [9.17, 15) is 4.79 Å². The number of hydrogen-bond acceptors (Lipinski definition) is 3. The number of hydrogen-bond donors (Lipinski definition) is 2. The summed E-state index contributed by atoms with van der Waals surface area (Å²) < 4.78 is 5.91. The maximum atomic E-state index is 12.1. The molecule has 0 radical (unpaired) electrons. The highest BCUT2D eigenvalue weighted by molar-refractivity contribution is 5.90. The number of anilines is 1. The first kappa shape index (κ1) is 16.5. The van der Waals surface area contributed by atoms with Crippen molar-refractivity contribution in [2.24, 2.45) is 11.7 Å². The second-order valence-electron chi connectivity index (χ2n) is 7.02. The zero-order chi connectivity index (χ0) is 16.1. The maximum Gasteiger partial charge on any atom is 0.224 e. The normalized spacial score (nSPS) is 24.9. The van der Waals surface area contributed by atoms with Gasteiger partial charge in [0.2, 0.25) is 5.91 Å². The lowest BCUT2D eigenvalue weighted by Crippen LogP contribution is -2.28. The quantitative estimate of drug-likeness (QED) is 0.843. The summed E-state index contributed by atoms with van der Waals surface area (Å²) in [6, 6.07) is 8.17. The van der Waals surface area contributed by atoms with E-state index in [4.69, 9.17) is 10.5 Å². The molecule has 0 bridgehead atoms. The van der Waals surface area contributed by atoms with Crippen molar-refractivity contribution in [1.82, 2.24) is 0 Å². The van der Waals surface area contributed by atoms with Gasteiger partial charge in [-0.2, -0.15) is 0 Å². The molecular formula is C19H28N2O2. The van der Waals surface area contributed by atoms with Crippen molar-refractivity contribution >= 4 is 11.6 Å². The van der Waals surface area contributed by atoms with Crippen molar-refractivity contribution in [3.05, 3.63) is 29.8 Å². The Labute approximate surface area is 138 Å². The predicted octanol–water partition coefficient (Wildman–Crippen LogP) is 3.60. The molecule has 0 heterocycles. The Morgan fingerprint density at radius 3 is 2.48 bits per heavy atom. The summed E-state index contributed by atoms with van der Waals surface area (Å²) in [6.45, 7) is 0.663. The molecule has 1 aromatic carbocycles. The van der Waals surface area contributed by atoms with Gasteiger partial charge in [-0.1, -0.05) is 31.4 Å². The van der Waals surface area contributed by atoms with Crippen molar-refractivity contribution in [2.75, 3.05) is 5.32 Å². The van der Waals surface area contributed by atoms with Crippen molar-refractivity contribution in [2.45, 2.75) is 70.1 Å². The van der Waals surface area contributed by atoms with Crippen LogP contribution >= 0.6 is 0 Å². The molecule has 2 aliphatic carbocycles. The van der Waals surface area contributed by atoms with Crippen LogP contribution in [-0.4, -0.2) is 18.1 Å². The van der Waals surface area contributed by atoms with Crippen LogP contribution in [0, 0.1) is 5.92 Å². The lowest BCUT2D eigenvalue weighted by molar-refractivity contribution is -0.117.